The number of esters is 2. The van der Waals surface area contributed by atoms with Crippen LogP contribution in [0.2, 0.25) is 0 Å². The minimum absolute atomic E-state index is 0.0351. The van der Waals surface area contributed by atoms with Crippen molar-refractivity contribution < 1.29 is 23.8 Å². The highest BCUT2D eigenvalue weighted by atomic mass is 16.7. The Hall–Kier alpha value is -2.56. The predicted molar refractivity (Wildman–Crippen MR) is 75.3 cm³/mol. The Morgan fingerprint density at radius 3 is 2.77 bits per heavy atom. The molecule has 0 N–H and O–H groups in total. The van der Waals surface area contributed by atoms with Crippen molar-refractivity contribution in [3.8, 4) is 0 Å². The summed E-state index contributed by atoms with van der Waals surface area (Å²) in [6.45, 7) is 1.66. The van der Waals surface area contributed by atoms with E-state index in [0.29, 0.717) is 11.1 Å². The van der Waals surface area contributed by atoms with Gasteiger partial charge in [-0.15, -0.1) is 0 Å². The van der Waals surface area contributed by atoms with E-state index in [0.717, 1.165) is 12.0 Å². The Morgan fingerprint density at radius 2 is 2.00 bits per heavy atom. The third-order valence-corrected chi connectivity index (χ3v) is 4.30. The molecular weight excluding hydrogens is 284 g/mol. The molecule has 0 radical (unpaired) electrons. The second-order valence-corrected chi connectivity index (χ2v) is 5.67. The highest BCUT2D eigenvalue weighted by Gasteiger charge is 2.46. The van der Waals surface area contributed by atoms with Gasteiger partial charge in [0.05, 0.1) is 11.8 Å². The van der Waals surface area contributed by atoms with Crippen LogP contribution in [-0.4, -0.2) is 18.2 Å². The topological polar surface area (TPSA) is 61.8 Å². The van der Waals surface area contributed by atoms with E-state index < -0.39 is 12.3 Å². The molecule has 0 amide bonds. The van der Waals surface area contributed by atoms with E-state index in [1.807, 2.05) is 24.3 Å². The van der Waals surface area contributed by atoms with Crippen LogP contribution in [0.25, 0.3) is 0 Å². The van der Waals surface area contributed by atoms with E-state index in [4.69, 9.17) is 14.2 Å². The molecule has 3 aliphatic rings. The molecule has 5 heteroatoms. The molecular formula is C17H14O5. The number of carbonyl (C=O) groups excluding carboxylic acids is 2. The van der Waals surface area contributed by atoms with Crippen LogP contribution in [0.1, 0.15) is 24.2 Å². The standard InChI is InChI=1S/C17H14O5/c1-9-6-14(21-16(9)18)20-8-13-12-7-10-4-2-3-5-11(10)15(12)22-17(13)19/h2-6,8,12,14-15H,7H2,1H3/b13-8+/t12-,14+,15+/m0/s1. The molecule has 2 aliphatic heterocycles. The average molecular weight is 298 g/mol. The molecule has 1 fully saturated rings. The summed E-state index contributed by atoms with van der Waals surface area (Å²) in [5, 5.41) is 0. The van der Waals surface area contributed by atoms with Gasteiger partial charge < -0.3 is 14.2 Å². The molecule has 0 unspecified atom stereocenters. The number of cyclic esters (lactones) is 1. The van der Waals surface area contributed by atoms with Crippen molar-refractivity contribution in [2.24, 2.45) is 5.92 Å². The van der Waals surface area contributed by atoms with Gasteiger partial charge in [0.25, 0.3) is 6.29 Å². The maximum Gasteiger partial charge on any atom is 0.338 e. The van der Waals surface area contributed by atoms with Crippen LogP contribution in [0.5, 0.6) is 0 Å². The maximum atomic E-state index is 12.0. The van der Waals surface area contributed by atoms with Crippen LogP contribution in [0.3, 0.4) is 0 Å². The molecule has 1 aromatic carbocycles. The van der Waals surface area contributed by atoms with Crippen molar-refractivity contribution in [3.63, 3.8) is 0 Å². The minimum atomic E-state index is -0.768. The summed E-state index contributed by atoms with van der Waals surface area (Å²) in [7, 11) is 0. The molecule has 1 aromatic rings. The first-order chi connectivity index (χ1) is 10.6. The zero-order valence-electron chi connectivity index (χ0n) is 11.9. The summed E-state index contributed by atoms with van der Waals surface area (Å²) in [5.74, 6) is -0.801. The summed E-state index contributed by atoms with van der Waals surface area (Å²) in [6.07, 6.45) is 2.71. The molecule has 112 valence electrons. The third-order valence-electron chi connectivity index (χ3n) is 4.30. The Kier molecular flexibility index (Phi) is 2.82. The van der Waals surface area contributed by atoms with Gasteiger partial charge in [0.1, 0.15) is 6.10 Å². The van der Waals surface area contributed by atoms with E-state index in [1.54, 1.807) is 13.0 Å². The Balaban J connectivity index is 1.55. The summed E-state index contributed by atoms with van der Waals surface area (Å²) in [4.78, 5) is 23.3. The van der Waals surface area contributed by atoms with Crippen molar-refractivity contribution >= 4 is 11.9 Å². The molecule has 0 saturated carbocycles. The lowest BCUT2D eigenvalue weighted by atomic mass is 9.98. The molecule has 2 heterocycles. The van der Waals surface area contributed by atoms with Gasteiger partial charge in [0, 0.05) is 17.6 Å². The zero-order valence-corrected chi connectivity index (χ0v) is 11.9. The molecule has 3 atom stereocenters. The Bertz CT molecular complexity index is 730. The molecule has 0 spiro atoms. The normalized spacial score (nSPS) is 30.7. The van der Waals surface area contributed by atoms with E-state index >= 15 is 0 Å². The summed E-state index contributed by atoms with van der Waals surface area (Å²) >= 11 is 0. The van der Waals surface area contributed by atoms with Crippen molar-refractivity contribution in [1.82, 2.24) is 0 Å². The van der Waals surface area contributed by atoms with E-state index in [2.05, 4.69) is 0 Å². The van der Waals surface area contributed by atoms with Crippen LogP contribution in [0, 0.1) is 5.92 Å². The molecule has 0 aromatic heterocycles. The molecule has 1 saturated heterocycles. The second-order valence-electron chi connectivity index (χ2n) is 5.67. The lowest BCUT2D eigenvalue weighted by Crippen LogP contribution is -2.11. The Labute approximate surface area is 127 Å². The van der Waals surface area contributed by atoms with Crippen LogP contribution >= 0.6 is 0 Å². The fourth-order valence-corrected chi connectivity index (χ4v) is 3.16. The van der Waals surface area contributed by atoms with Gasteiger partial charge in [-0.05, 0) is 24.5 Å². The molecule has 1 aliphatic carbocycles. The third kappa shape index (κ3) is 1.93. The van der Waals surface area contributed by atoms with Gasteiger partial charge in [-0.1, -0.05) is 24.3 Å². The lowest BCUT2D eigenvalue weighted by Gasteiger charge is -2.09. The smallest absolute Gasteiger partial charge is 0.338 e. The number of carbonyl (C=O) groups is 2. The summed E-state index contributed by atoms with van der Waals surface area (Å²) in [5.41, 5.74) is 3.25. The van der Waals surface area contributed by atoms with Gasteiger partial charge >= 0.3 is 11.9 Å². The predicted octanol–water partition coefficient (Wildman–Crippen LogP) is 2.19. The zero-order chi connectivity index (χ0) is 15.3. The highest BCUT2D eigenvalue weighted by Crippen LogP contribution is 2.47. The van der Waals surface area contributed by atoms with E-state index in [-0.39, 0.29) is 18.0 Å². The number of rotatable bonds is 2. The quantitative estimate of drug-likeness (QED) is 0.476. The molecule has 0 bridgehead atoms. The van der Waals surface area contributed by atoms with Crippen molar-refractivity contribution in [2.75, 3.05) is 0 Å². The van der Waals surface area contributed by atoms with Gasteiger partial charge in [-0.3, -0.25) is 0 Å². The summed E-state index contributed by atoms with van der Waals surface area (Å²) < 4.78 is 15.9. The van der Waals surface area contributed by atoms with Crippen molar-refractivity contribution in [2.45, 2.75) is 25.7 Å². The van der Waals surface area contributed by atoms with Gasteiger partial charge in [-0.25, -0.2) is 9.59 Å². The summed E-state index contributed by atoms with van der Waals surface area (Å²) in [6, 6.07) is 7.96. The first kappa shape index (κ1) is 13.1. The lowest BCUT2D eigenvalue weighted by molar-refractivity contribution is -0.152. The average Bonchev–Trinajstić information content (AvgIpc) is 3.10. The van der Waals surface area contributed by atoms with Crippen LogP contribution < -0.4 is 0 Å². The number of benzene rings is 1. The molecule has 4 rings (SSSR count). The molecule has 5 nitrogen and oxygen atoms in total. The van der Waals surface area contributed by atoms with E-state index in [1.165, 1.54) is 11.8 Å². The van der Waals surface area contributed by atoms with Gasteiger partial charge in [-0.2, -0.15) is 0 Å². The largest absolute Gasteiger partial charge is 0.458 e. The van der Waals surface area contributed by atoms with Crippen molar-refractivity contribution in [1.29, 1.82) is 0 Å². The first-order valence-corrected chi connectivity index (χ1v) is 7.17. The fourth-order valence-electron chi connectivity index (χ4n) is 3.16. The highest BCUT2D eigenvalue weighted by molar-refractivity contribution is 5.92. The number of hydrogen-bond donors (Lipinski definition) is 0. The van der Waals surface area contributed by atoms with Crippen LogP contribution in [-0.2, 0) is 30.2 Å². The fraction of sp³-hybridized carbons (Fsp3) is 0.294. The monoisotopic (exact) mass is 298 g/mol. The Morgan fingerprint density at radius 1 is 1.18 bits per heavy atom. The minimum Gasteiger partial charge on any atom is -0.458 e. The number of ether oxygens (including phenoxy) is 3. The van der Waals surface area contributed by atoms with Gasteiger partial charge in [0.15, 0.2) is 0 Å². The van der Waals surface area contributed by atoms with E-state index in [9.17, 15) is 9.59 Å². The van der Waals surface area contributed by atoms with Crippen molar-refractivity contribution in [3.05, 3.63) is 58.9 Å². The van der Waals surface area contributed by atoms with Crippen LogP contribution in [0.4, 0.5) is 0 Å². The second kappa shape index (κ2) is 4.73. The number of hydrogen-bond acceptors (Lipinski definition) is 5. The van der Waals surface area contributed by atoms with Gasteiger partial charge in [0.2, 0.25) is 0 Å². The maximum absolute atomic E-state index is 12.0. The SMILES string of the molecule is CC1=C[C@H](O/C=C2/C(=O)O[C@@H]3c4ccccc4C[C@@H]23)OC1=O. The molecule has 22 heavy (non-hydrogen) atoms. The number of fused-ring (bicyclic) bond motifs is 3. The first-order valence-electron chi connectivity index (χ1n) is 7.17. The van der Waals surface area contributed by atoms with Crippen LogP contribution in [0.15, 0.2) is 47.7 Å².